The third kappa shape index (κ3) is 18.7. The van der Waals surface area contributed by atoms with Gasteiger partial charge in [0.25, 0.3) is 0 Å². The first-order chi connectivity index (χ1) is 71.7. The van der Waals surface area contributed by atoms with Crippen molar-refractivity contribution in [3.8, 4) is 145 Å². The fourth-order valence-corrected chi connectivity index (χ4v) is 16.5. The van der Waals surface area contributed by atoms with Crippen LogP contribution in [-0.2, 0) is 28.2 Å². The van der Waals surface area contributed by atoms with Crippen LogP contribution in [0.4, 0.5) is 0 Å². The fourth-order valence-electron chi connectivity index (χ4n) is 16.5. The lowest BCUT2D eigenvalue weighted by Gasteiger charge is -2.15. The van der Waals surface area contributed by atoms with Gasteiger partial charge in [0.05, 0.1) is 0 Å². The standard InChI is InChI=1S/C35H34N.2C29H30N.C27H26N/c1-23-15-17-31(24(2)19-23)34-21-35(36(6)22-26(34)4)33-14-10-13-32(27(33)5)30-18-16-29(20-25(30)3)28-11-8-7-9-12-28;1-19-13-14-25(22(4)17-19)26-11-8-12-27(23(26)5)28-18-24(15-16-30(28)6)29-20(2)9-7-10-21(29)3;1-19-14-15-25(21(3)16-19)26-12-9-13-27(23(26)5)29-17-28(22(4)18-30(29)6)24-11-8-7-10-20(24)2;1-19-15-16-28(4)27(17-19)26-12-8-11-25(21(26)3)24-14-13-23(18-20(24)2)22-9-6-5-7-10-22/h7-22H,1-6H3;2*7-18H,1-6H3;5-18H,1-4H3/q4*+1/i3*2D3,3D3,4D3;2D3. The molecule has 0 radical (unpaired) electrons. The molecular formula is C120H120N4+4. The Labute approximate surface area is 781 Å². The second-order valence-electron chi connectivity index (χ2n) is 31.9. The molecule has 0 bridgehead atoms. The van der Waals surface area contributed by atoms with E-state index in [9.17, 15) is 0 Å². The predicted octanol–water partition coefficient (Wildman–Crippen LogP) is 29.3. The summed E-state index contributed by atoms with van der Waals surface area (Å²) in [5, 5.41) is 0. The molecule has 0 saturated heterocycles. The van der Waals surface area contributed by atoms with Gasteiger partial charge >= 0.3 is 0 Å². The highest BCUT2D eigenvalue weighted by molar-refractivity contribution is 5.86. The van der Waals surface area contributed by atoms with Crippen LogP contribution in [0, 0.1) is 124 Å². The Morgan fingerprint density at radius 2 is 0.468 bits per heavy atom. The average Bonchev–Trinajstić information content (AvgIpc) is 0.757. The Hall–Kier alpha value is -13.5. The first-order valence-corrected chi connectivity index (χ1v) is 41.2. The van der Waals surface area contributed by atoms with Crippen LogP contribution in [0.5, 0.6) is 0 Å². The number of pyridine rings is 4. The monoisotopic (exact) mass is 1650 g/mol. The van der Waals surface area contributed by atoms with Gasteiger partial charge in [0.1, 0.15) is 28.2 Å². The van der Waals surface area contributed by atoms with Gasteiger partial charge < -0.3 is 0 Å². The lowest BCUT2D eigenvalue weighted by Crippen LogP contribution is -2.31. The van der Waals surface area contributed by atoms with Crippen LogP contribution in [0.1, 0.15) is 141 Å². The molecule has 4 heterocycles. The lowest BCUT2D eigenvalue weighted by molar-refractivity contribution is -0.660. The predicted molar refractivity (Wildman–Crippen MR) is 526 cm³/mol. The zero-order chi connectivity index (χ0) is 113. The fraction of sp³-hybridized carbons (Fsp3) is 0.183. The summed E-state index contributed by atoms with van der Waals surface area (Å²) < 4.78 is 252. The molecule has 0 unspecified atom stereocenters. The molecule has 0 fully saturated rings. The van der Waals surface area contributed by atoms with Gasteiger partial charge in [0.15, 0.2) is 24.8 Å². The summed E-state index contributed by atoms with van der Waals surface area (Å²) >= 11 is 0. The van der Waals surface area contributed by atoms with Gasteiger partial charge in [-0.2, -0.15) is 0 Å². The zero-order valence-corrected chi connectivity index (χ0v) is 72.0. The van der Waals surface area contributed by atoms with E-state index in [1.807, 2.05) is 235 Å². The number of benzene rings is 13. The molecule has 13 aromatic carbocycles. The van der Waals surface area contributed by atoms with E-state index in [1.165, 1.54) is 42.2 Å². The minimum absolute atomic E-state index is 0.0247. The van der Waals surface area contributed by atoms with Gasteiger partial charge in [-0.15, -0.1) is 0 Å². The molecule has 4 nitrogen and oxygen atoms in total. The minimum Gasteiger partial charge on any atom is -0.201 e. The van der Waals surface area contributed by atoms with Crippen molar-refractivity contribution in [3.63, 3.8) is 0 Å². The first kappa shape index (κ1) is 56.2. The summed E-state index contributed by atoms with van der Waals surface area (Å²) in [7, 11) is 7.38. The molecule has 616 valence electrons. The molecule has 0 spiro atoms. The Bertz CT molecular complexity index is 8060. The number of aryl methyl sites for hydroxylation is 18. The van der Waals surface area contributed by atoms with E-state index in [2.05, 4.69) is 42.8 Å². The Kier molecular flexibility index (Phi) is 17.2. The van der Waals surface area contributed by atoms with Gasteiger partial charge in [0.2, 0.25) is 22.8 Å². The molecule has 0 aliphatic rings. The van der Waals surface area contributed by atoms with Crippen LogP contribution in [0.3, 0.4) is 0 Å². The largest absolute Gasteiger partial charge is 0.213 e. The van der Waals surface area contributed by atoms with Crippen LogP contribution in [0.25, 0.3) is 145 Å². The number of rotatable bonds is 13. The normalized spacial score (nSPS) is 15.6. The zero-order valence-electron chi connectivity index (χ0n) is 102. The first-order valence-electron chi connectivity index (χ1n) is 56.2. The third-order valence-electron chi connectivity index (χ3n) is 23.2. The summed E-state index contributed by atoms with van der Waals surface area (Å²) in [6.45, 7) is -8.69. The van der Waals surface area contributed by atoms with Crippen molar-refractivity contribution in [1.29, 1.82) is 0 Å². The molecule has 17 aromatic rings. The topological polar surface area (TPSA) is 15.5 Å². The number of hydrogen-bond donors (Lipinski definition) is 0. The summed E-state index contributed by atoms with van der Waals surface area (Å²) in [5.74, 6) is 0. The van der Waals surface area contributed by atoms with Crippen molar-refractivity contribution in [2.45, 2.75) is 124 Å². The van der Waals surface area contributed by atoms with E-state index < -0.39 is 68.5 Å². The second kappa shape index (κ2) is 37.8. The van der Waals surface area contributed by atoms with Gasteiger partial charge in [0, 0.05) is 111 Å². The van der Waals surface area contributed by atoms with Crippen molar-refractivity contribution in [2.75, 3.05) is 0 Å². The van der Waals surface area contributed by atoms with E-state index in [1.54, 1.807) is 115 Å². The minimum atomic E-state index is -2.51. The van der Waals surface area contributed by atoms with Crippen molar-refractivity contribution in [2.24, 2.45) is 28.2 Å². The third-order valence-corrected chi connectivity index (χ3v) is 23.2. The molecule has 0 saturated carbocycles. The Balaban J connectivity index is 0.000000162. The molecular weight excluding hydrogens is 1500 g/mol. The van der Waals surface area contributed by atoms with Crippen molar-refractivity contribution >= 4 is 0 Å². The highest BCUT2D eigenvalue weighted by Crippen LogP contribution is 2.42. The van der Waals surface area contributed by atoms with E-state index in [0.717, 1.165) is 123 Å². The Morgan fingerprint density at radius 1 is 0.177 bits per heavy atom. The molecule has 0 aliphatic carbocycles. The maximum atomic E-state index is 8.37. The second-order valence-corrected chi connectivity index (χ2v) is 31.9. The smallest absolute Gasteiger partial charge is 0.201 e. The number of aromatic nitrogens is 4. The van der Waals surface area contributed by atoms with E-state index >= 15 is 0 Å². The van der Waals surface area contributed by atoms with E-state index in [0.29, 0.717) is 61.5 Å². The van der Waals surface area contributed by atoms with Gasteiger partial charge in [-0.1, -0.05) is 259 Å². The number of hydrogen-bond acceptors (Lipinski definition) is 0. The Morgan fingerprint density at radius 3 is 0.863 bits per heavy atom. The quantitative estimate of drug-likeness (QED) is 0.102. The van der Waals surface area contributed by atoms with Gasteiger partial charge in [-0.25, -0.2) is 18.3 Å². The molecule has 0 atom stereocenters. The molecule has 124 heavy (non-hydrogen) atoms. The van der Waals surface area contributed by atoms with Crippen molar-refractivity contribution in [3.05, 3.63) is 428 Å². The van der Waals surface area contributed by atoms with Crippen LogP contribution < -0.4 is 18.3 Å². The van der Waals surface area contributed by atoms with Crippen LogP contribution in [0.15, 0.2) is 328 Å². The highest BCUT2D eigenvalue weighted by Gasteiger charge is 2.25. The van der Waals surface area contributed by atoms with Crippen molar-refractivity contribution < 1.29 is 59.4 Å². The lowest BCUT2D eigenvalue weighted by atomic mass is 9.89. The maximum Gasteiger partial charge on any atom is 0.213 e. The summed E-state index contributed by atoms with van der Waals surface area (Å²) in [6, 6.07) is 91.7. The van der Waals surface area contributed by atoms with Crippen LogP contribution in [-0.4, -0.2) is 0 Å². The molecule has 17 rings (SSSR count). The highest BCUT2D eigenvalue weighted by atomic mass is 14.9. The van der Waals surface area contributed by atoms with Crippen LogP contribution in [0.2, 0.25) is 0 Å². The summed E-state index contributed by atoms with van der Waals surface area (Å²) in [4.78, 5) is 0. The van der Waals surface area contributed by atoms with Crippen LogP contribution >= 0.6 is 0 Å². The average molecular weight is 1650 g/mol. The molecule has 0 aliphatic heterocycles. The molecule has 4 heteroatoms. The van der Waals surface area contributed by atoms with Crippen molar-refractivity contribution in [1.82, 2.24) is 0 Å². The molecule has 0 amide bonds. The van der Waals surface area contributed by atoms with Gasteiger partial charge in [-0.3, -0.25) is 0 Å². The summed E-state index contributed by atoms with van der Waals surface area (Å²) in [5.41, 5.74) is 26.5. The maximum absolute atomic E-state index is 8.37. The number of nitrogens with zero attached hydrogens (tertiary/aromatic N) is 4. The van der Waals surface area contributed by atoms with Gasteiger partial charge in [-0.05, 0) is 321 Å². The van der Waals surface area contributed by atoms with E-state index in [4.69, 9.17) is 41.1 Å². The van der Waals surface area contributed by atoms with E-state index in [-0.39, 0.29) is 55.6 Å². The molecule has 4 aromatic heterocycles. The summed E-state index contributed by atoms with van der Waals surface area (Å²) in [6.07, 6.45) is 6.89. The SMILES string of the molecule is [2H]C([2H])([2H])c1cc(-c2ccccc2)ccc1-c1cccc(-c2cc(C)cc[n+]2C)c1C.[2H]C([2H])([2H])c1cc(C)ccc1-c1cc(-c2cccc(-c3ccc(-c4ccccc4)cc3C([2H])([2H])[2H])c2C)[n+](C)cc1C([2H])([2H])[2H].[2H]C([2H])([2H])c1cc(C)ccc1-c1cccc(-c2cc(-c3c(C([2H])([2H])[2H])cccc3C([2H])([2H])[2H])cc[n+]2C)c1C.[2H]C([2H])([2H])c1ccccc1-c1cc(-c2cccc(-c3ccc(C)cc3C([2H])([2H])[2H])c2C)[n+](C)cc1C([2H])([2H])[2H]. The molecule has 0 N–H and O–H groups in total.